The molecule has 6 rings (SSSR count). The molecular formula is C34H41F2N7O3S2. The number of anilines is 2. The highest BCUT2D eigenvalue weighted by molar-refractivity contribution is 7.92. The lowest BCUT2D eigenvalue weighted by atomic mass is 9.86. The number of aryl methyl sites for hydroxylation is 1. The second kappa shape index (κ2) is 13.1. The zero-order valence-corrected chi connectivity index (χ0v) is 29.2. The molecule has 48 heavy (non-hydrogen) atoms. The van der Waals surface area contributed by atoms with Crippen molar-refractivity contribution in [2.24, 2.45) is 0 Å². The van der Waals surface area contributed by atoms with Gasteiger partial charge in [0.25, 0.3) is 5.92 Å². The molecule has 0 unspecified atom stereocenters. The number of benzene rings is 2. The lowest BCUT2D eigenvalue weighted by molar-refractivity contribution is -0.130. The van der Waals surface area contributed by atoms with Gasteiger partial charge >= 0.3 is 6.01 Å². The molecule has 2 fully saturated rings. The molecule has 3 aromatic rings. The highest BCUT2D eigenvalue weighted by Gasteiger charge is 2.50. The summed E-state index contributed by atoms with van der Waals surface area (Å²) in [6, 6.07) is 13.9. The Morgan fingerprint density at radius 3 is 2.60 bits per heavy atom. The molecule has 1 aromatic heterocycles. The summed E-state index contributed by atoms with van der Waals surface area (Å²) < 4.78 is 60.4. The SMILES string of the molecule is C=CS(=O)(=O)N1CCN(c2nc(OC[C@](C)(S)N(C)C3CC(F)(F)C3)nc3c2CCN(c2cccc4cccc(C)c24)C3)C[C@@H]1CC#N. The Morgan fingerprint density at radius 2 is 1.92 bits per heavy atom. The van der Waals surface area contributed by atoms with Gasteiger partial charge in [-0.05, 0) is 44.3 Å². The van der Waals surface area contributed by atoms with Gasteiger partial charge in [0.1, 0.15) is 12.4 Å². The normalized spacial score (nSPS) is 21.3. The Labute approximate surface area is 286 Å². The summed E-state index contributed by atoms with van der Waals surface area (Å²) in [5.41, 5.74) is 4.03. The number of halogens is 2. The summed E-state index contributed by atoms with van der Waals surface area (Å²) in [4.78, 5) is 15.0. The molecule has 2 aromatic carbocycles. The summed E-state index contributed by atoms with van der Waals surface area (Å²) in [5, 5.41) is 12.8. The first-order chi connectivity index (χ1) is 22.7. The maximum Gasteiger partial charge on any atom is 0.318 e. The van der Waals surface area contributed by atoms with Crippen molar-refractivity contribution in [3.63, 3.8) is 0 Å². The Hall–Kier alpha value is -3.51. The lowest BCUT2D eigenvalue weighted by Gasteiger charge is -2.47. The number of sulfonamides is 1. The van der Waals surface area contributed by atoms with Crippen molar-refractivity contribution in [2.45, 2.75) is 69.0 Å². The minimum absolute atomic E-state index is 0.0129. The first-order valence-electron chi connectivity index (χ1n) is 16.1. The largest absolute Gasteiger partial charge is 0.461 e. The van der Waals surface area contributed by atoms with E-state index in [-0.39, 0.29) is 51.0 Å². The predicted molar refractivity (Wildman–Crippen MR) is 186 cm³/mol. The van der Waals surface area contributed by atoms with Crippen LogP contribution in [-0.2, 0) is 23.0 Å². The van der Waals surface area contributed by atoms with E-state index in [9.17, 15) is 22.5 Å². The molecule has 2 aliphatic heterocycles. The number of likely N-dealkylation sites (N-methyl/N-ethyl adjacent to an activating group) is 1. The van der Waals surface area contributed by atoms with Gasteiger partial charge in [-0.1, -0.05) is 36.9 Å². The quantitative estimate of drug-likeness (QED) is 0.228. The molecule has 10 nitrogen and oxygen atoms in total. The van der Waals surface area contributed by atoms with Crippen LogP contribution in [0.25, 0.3) is 10.8 Å². The molecule has 0 amide bonds. The summed E-state index contributed by atoms with van der Waals surface area (Å²) in [7, 11) is -1.96. The standard InChI is InChI=1S/C34H41F2N7O3S2/c1-5-48(44,45)43-17-16-42(20-25(43)12-14-37)31-27-13-15-41(29-11-7-10-24-9-6-8-23(2)30(24)29)21-28(27)38-32(39-31)46-22-33(3,47)40(4)26-18-34(35,36)19-26/h5-11,25-26,47H,1,12-13,15-22H2,2-4H3/t25-,33-/m0/s1. The molecule has 0 N–H and O–H groups in total. The molecule has 3 aliphatic rings. The highest BCUT2D eigenvalue weighted by atomic mass is 32.2. The van der Waals surface area contributed by atoms with Gasteiger partial charge in [0.2, 0.25) is 10.0 Å². The van der Waals surface area contributed by atoms with Crippen LogP contribution in [0.3, 0.4) is 0 Å². The number of fused-ring (bicyclic) bond motifs is 2. The number of nitriles is 1. The second-order valence-electron chi connectivity index (χ2n) is 13.2. The van der Waals surface area contributed by atoms with E-state index in [2.05, 4.69) is 60.9 Å². The van der Waals surface area contributed by atoms with Crippen LogP contribution in [0.4, 0.5) is 20.3 Å². The zero-order valence-electron chi connectivity index (χ0n) is 27.4. The summed E-state index contributed by atoms with van der Waals surface area (Å²) in [6.45, 7) is 9.44. The molecule has 1 saturated carbocycles. The maximum atomic E-state index is 13.6. The average Bonchev–Trinajstić information content (AvgIpc) is 3.05. The van der Waals surface area contributed by atoms with E-state index in [1.165, 1.54) is 15.3 Å². The van der Waals surface area contributed by atoms with Crippen LogP contribution in [0.1, 0.15) is 43.0 Å². The highest BCUT2D eigenvalue weighted by Crippen LogP contribution is 2.43. The van der Waals surface area contributed by atoms with Crippen LogP contribution in [0.5, 0.6) is 6.01 Å². The van der Waals surface area contributed by atoms with Gasteiger partial charge in [-0.2, -0.15) is 32.2 Å². The number of piperazine rings is 1. The van der Waals surface area contributed by atoms with E-state index >= 15 is 0 Å². The first kappa shape index (κ1) is 34.4. The minimum atomic E-state index is -3.73. The predicted octanol–water partition coefficient (Wildman–Crippen LogP) is 5.13. The van der Waals surface area contributed by atoms with E-state index in [0.29, 0.717) is 25.3 Å². The van der Waals surface area contributed by atoms with Crippen molar-refractivity contribution in [1.29, 1.82) is 5.26 Å². The van der Waals surface area contributed by atoms with Crippen LogP contribution in [0.2, 0.25) is 0 Å². The monoisotopic (exact) mass is 697 g/mol. The molecule has 1 aliphatic carbocycles. The number of aromatic nitrogens is 2. The van der Waals surface area contributed by atoms with E-state index in [4.69, 9.17) is 27.3 Å². The molecule has 3 heterocycles. The van der Waals surface area contributed by atoms with Crippen LogP contribution in [0, 0.1) is 18.3 Å². The fourth-order valence-corrected chi connectivity index (χ4v) is 8.33. The van der Waals surface area contributed by atoms with Crippen molar-refractivity contribution in [2.75, 3.05) is 49.6 Å². The van der Waals surface area contributed by atoms with Crippen LogP contribution < -0.4 is 14.5 Å². The van der Waals surface area contributed by atoms with Gasteiger partial charge in [0.15, 0.2) is 0 Å². The summed E-state index contributed by atoms with van der Waals surface area (Å²) >= 11 is 4.79. The third-order valence-corrected chi connectivity index (χ3v) is 11.9. The third kappa shape index (κ3) is 6.70. The Bertz CT molecular complexity index is 1850. The second-order valence-corrected chi connectivity index (χ2v) is 16.0. The average molecular weight is 698 g/mol. The van der Waals surface area contributed by atoms with Crippen molar-refractivity contribution in [1.82, 2.24) is 19.2 Å². The Balaban J connectivity index is 1.33. The van der Waals surface area contributed by atoms with Crippen molar-refractivity contribution in [3.8, 4) is 12.1 Å². The molecule has 256 valence electrons. The summed E-state index contributed by atoms with van der Waals surface area (Å²) in [6.07, 6.45) is 0.212. The molecule has 0 radical (unpaired) electrons. The minimum Gasteiger partial charge on any atom is -0.461 e. The number of hydrogen-bond acceptors (Lipinski definition) is 10. The number of thiol groups is 1. The van der Waals surface area contributed by atoms with E-state index in [1.807, 2.05) is 16.7 Å². The van der Waals surface area contributed by atoms with E-state index < -0.39 is 26.9 Å². The van der Waals surface area contributed by atoms with Gasteiger partial charge in [0.05, 0.1) is 35.6 Å². The smallest absolute Gasteiger partial charge is 0.318 e. The lowest BCUT2D eigenvalue weighted by Crippen LogP contribution is -2.57. The summed E-state index contributed by atoms with van der Waals surface area (Å²) in [5.74, 6) is -2.01. The fraction of sp³-hybridized carbons (Fsp3) is 0.500. The molecule has 1 saturated heterocycles. The van der Waals surface area contributed by atoms with E-state index in [0.717, 1.165) is 34.3 Å². The van der Waals surface area contributed by atoms with Crippen LogP contribution >= 0.6 is 12.6 Å². The number of hydrogen-bond donors (Lipinski definition) is 1. The van der Waals surface area contributed by atoms with Gasteiger partial charge < -0.3 is 14.5 Å². The van der Waals surface area contributed by atoms with E-state index in [1.54, 1.807) is 7.05 Å². The number of ether oxygens (including phenoxy) is 1. The first-order valence-corrected chi connectivity index (χ1v) is 18.0. The molecule has 2 atom stereocenters. The zero-order chi connectivity index (χ0) is 34.4. The van der Waals surface area contributed by atoms with Crippen LogP contribution in [0.15, 0.2) is 48.4 Å². The Morgan fingerprint density at radius 1 is 1.19 bits per heavy atom. The third-order valence-electron chi connectivity index (χ3n) is 9.90. The number of alkyl halides is 2. The van der Waals surface area contributed by atoms with Gasteiger partial charge in [-0.3, -0.25) is 4.90 Å². The van der Waals surface area contributed by atoms with Gasteiger partial charge in [0, 0.05) is 67.1 Å². The molecular weight excluding hydrogens is 657 g/mol. The topological polar surface area (TPSA) is 106 Å². The van der Waals surface area contributed by atoms with Crippen molar-refractivity contribution in [3.05, 3.63) is 65.2 Å². The Kier molecular flexibility index (Phi) is 9.36. The number of nitrogens with zero attached hydrogens (tertiary/aromatic N) is 7. The van der Waals surface area contributed by atoms with Crippen LogP contribution in [-0.4, -0.2) is 90.3 Å². The molecule has 0 bridgehead atoms. The molecule has 0 spiro atoms. The van der Waals surface area contributed by atoms with Gasteiger partial charge in [-0.25, -0.2) is 17.2 Å². The van der Waals surface area contributed by atoms with Crippen molar-refractivity contribution >= 4 is 44.9 Å². The molecule has 14 heteroatoms. The number of rotatable bonds is 10. The fourth-order valence-electron chi connectivity index (χ4n) is 7.02. The maximum absolute atomic E-state index is 13.6. The van der Waals surface area contributed by atoms with Crippen molar-refractivity contribution < 1.29 is 21.9 Å². The van der Waals surface area contributed by atoms with Gasteiger partial charge in [-0.15, -0.1) is 0 Å².